The molecule has 0 saturated carbocycles. The Kier molecular flexibility index (Phi) is 3.92. The lowest BCUT2D eigenvalue weighted by molar-refractivity contribution is -0.133. The molecular weight excluding hydrogens is 256 g/mol. The number of aromatic nitrogens is 2. The number of nitrogens with zero attached hydrogens (tertiary/aromatic N) is 3. The molecule has 0 aromatic carbocycles. The van der Waals surface area contributed by atoms with Crippen LogP contribution in [-0.4, -0.2) is 52.6 Å². The highest BCUT2D eigenvalue weighted by Gasteiger charge is 2.28. The molecule has 1 N–H and O–H groups in total. The summed E-state index contributed by atoms with van der Waals surface area (Å²) in [7, 11) is 0. The van der Waals surface area contributed by atoms with E-state index in [9.17, 15) is 4.79 Å². The Morgan fingerprint density at radius 3 is 2.70 bits per heavy atom. The lowest BCUT2D eigenvalue weighted by Gasteiger charge is -2.33. The average molecular weight is 274 g/mol. The van der Waals surface area contributed by atoms with Crippen molar-refractivity contribution in [1.29, 1.82) is 0 Å². The van der Waals surface area contributed by atoms with Crippen LogP contribution >= 0.6 is 0 Å². The van der Waals surface area contributed by atoms with Crippen molar-refractivity contribution < 1.29 is 9.53 Å². The van der Waals surface area contributed by atoms with Crippen LogP contribution in [-0.2, 0) is 4.79 Å². The van der Waals surface area contributed by atoms with Gasteiger partial charge in [-0.2, -0.15) is 0 Å². The molecule has 0 spiro atoms. The van der Waals surface area contributed by atoms with E-state index < -0.39 is 0 Å². The highest BCUT2D eigenvalue weighted by Crippen LogP contribution is 2.16. The van der Waals surface area contributed by atoms with Crippen molar-refractivity contribution in [3.63, 3.8) is 0 Å². The van der Waals surface area contributed by atoms with Gasteiger partial charge in [-0.15, -0.1) is 0 Å². The molecule has 20 heavy (non-hydrogen) atoms. The number of rotatable bonds is 3. The summed E-state index contributed by atoms with van der Waals surface area (Å²) < 4.78 is 5.72. The molecule has 1 saturated heterocycles. The monoisotopic (exact) mass is 274 g/mol. The van der Waals surface area contributed by atoms with Crippen molar-refractivity contribution in [2.24, 2.45) is 0 Å². The fourth-order valence-electron chi connectivity index (χ4n) is 2.52. The minimum absolute atomic E-state index is 0.0912. The Balaban J connectivity index is 1.49. The van der Waals surface area contributed by atoms with Gasteiger partial charge in [-0.25, -0.2) is 9.97 Å². The third kappa shape index (κ3) is 2.96. The van der Waals surface area contributed by atoms with Gasteiger partial charge in [-0.3, -0.25) is 10.1 Å². The Hall–Kier alpha value is -1.95. The molecule has 2 aliphatic rings. The summed E-state index contributed by atoms with van der Waals surface area (Å²) in [5, 5.41) is 3.15. The van der Waals surface area contributed by atoms with E-state index in [0.717, 1.165) is 32.5 Å². The van der Waals surface area contributed by atoms with Crippen molar-refractivity contribution in [1.82, 2.24) is 20.2 Å². The van der Waals surface area contributed by atoms with Gasteiger partial charge in [0.25, 0.3) is 0 Å². The van der Waals surface area contributed by atoms with Gasteiger partial charge in [0.15, 0.2) is 0 Å². The summed E-state index contributed by atoms with van der Waals surface area (Å²) in [5.41, 5.74) is 0. The van der Waals surface area contributed by atoms with Gasteiger partial charge in [-0.1, -0.05) is 12.2 Å². The number of piperidine rings is 1. The van der Waals surface area contributed by atoms with Gasteiger partial charge in [-0.05, 0) is 6.07 Å². The van der Waals surface area contributed by atoms with Crippen LogP contribution in [0.1, 0.15) is 12.8 Å². The second kappa shape index (κ2) is 6.00. The third-order valence-corrected chi connectivity index (χ3v) is 3.62. The zero-order valence-electron chi connectivity index (χ0n) is 11.2. The smallest absolute Gasteiger partial charge is 0.316 e. The van der Waals surface area contributed by atoms with E-state index in [0.29, 0.717) is 6.01 Å². The SMILES string of the molecule is O=C([C@@H]1C=CCN1)N1CCC(Oc2ncccn2)CC1. The maximum Gasteiger partial charge on any atom is 0.316 e. The van der Waals surface area contributed by atoms with Gasteiger partial charge in [0.2, 0.25) is 5.91 Å². The average Bonchev–Trinajstić information content (AvgIpc) is 3.03. The summed E-state index contributed by atoms with van der Waals surface area (Å²) >= 11 is 0. The number of ether oxygens (including phenoxy) is 1. The second-order valence-corrected chi connectivity index (χ2v) is 4.99. The first-order valence-electron chi connectivity index (χ1n) is 6.95. The summed E-state index contributed by atoms with van der Waals surface area (Å²) in [6.45, 7) is 2.23. The van der Waals surface area contributed by atoms with E-state index in [4.69, 9.17) is 4.74 Å². The Morgan fingerprint density at radius 2 is 2.05 bits per heavy atom. The van der Waals surface area contributed by atoms with Crippen LogP contribution in [0, 0.1) is 0 Å². The molecule has 1 fully saturated rings. The summed E-state index contributed by atoms with van der Waals surface area (Å²) in [6.07, 6.45) is 8.99. The molecule has 3 rings (SSSR count). The molecule has 0 bridgehead atoms. The van der Waals surface area contributed by atoms with E-state index >= 15 is 0 Å². The molecule has 0 radical (unpaired) electrons. The van der Waals surface area contributed by atoms with Crippen LogP contribution in [0.5, 0.6) is 6.01 Å². The molecule has 0 aliphatic carbocycles. The molecule has 0 unspecified atom stereocenters. The van der Waals surface area contributed by atoms with Crippen molar-refractivity contribution >= 4 is 5.91 Å². The molecule has 1 aromatic heterocycles. The van der Waals surface area contributed by atoms with Crippen LogP contribution in [0.15, 0.2) is 30.6 Å². The summed E-state index contributed by atoms with van der Waals surface area (Å²) in [4.78, 5) is 22.2. The molecule has 106 valence electrons. The van der Waals surface area contributed by atoms with Crippen molar-refractivity contribution in [3.05, 3.63) is 30.6 Å². The predicted molar refractivity (Wildman–Crippen MR) is 73.2 cm³/mol. The van der Waals surface area contributed by atoms with E-state index in [1.54, 1.807) is 18.5 Å². The minimum atomic E-state index is -0.148. The van der Waals surface area contributed by atoms with E-state index in [-0.39, 0.29) is 18.1 Å². The highest BCUT2D eigenvalue weighted by atomic mass is 16.5. The number of carbonyl (C=O) groups is 1. The third-order valence-electron chi connectivity index (χ3n) is 3.62. The topological polar surface area (TPSA) is 67.4 Å². The first-order chi connectivity index (χ1) is 9.83. The number of likely N-dealkylation sites (tertiary alicyclic amines) is 1. The standard InChI is InChI=1S/C14H18N4O2/c19-13(12-3-1-6-15-12)18-9-4-11(5-10-18)20-14-16-7-2-8-17-14/h1-3,7-8,11-12,15H,4-6,9-10H2/t12-/m0/s1. The number of hydrogen-bond donors (Lipinski definition) is 1. The van der Waals surface area contributed by atoms with E-state index in [1.165, 1.54) is 0 Å². The molecule has 6 nitrogen and oxygen atoms in total. The largest absolute Gasteiger partial charge is 0.460 e. The van der Waals surface area contributed by atoms with Gasteiger partial charge < -0.3 is 9.64 Å². The fraction of sp³-hybridized carbons (Fsp3) is 0.500. The van der Waals surface area contributed by atoms with Crippen molar-refractivity contribution in [2.75, 3.05) is 19.6 Å². The normalized spacial score (nSPS) is 23.0. The Bertz CT molecular complexity index is 483. The second-order valence-electron chi connectivity index (χ2n) is 4.99. The zero-order valence-corrected chi connectivity index (χ0v) is 11.2. The summed E-state index contributed by atoms with van der Waals surface area (Å²) in [6, 6.07) is 2.03. The number of hydrogen-bond acceptors (Lipinski definition) is 5. The van der Waals surface area contributed by atoms with Crippen molar-refractivity contribution in [2.45, 2.75) is 25.0 Å². The predicted octanol–water partition coefficient (Wildman–Crippen LogP) is 0.374. The van der Waals surface area contributed by atoms with Crippen LogP contribution in [0.3, 0.4) is 0 Å². The van der Waals surface area contributed by atoms with E-state index in [2.05, 4.69) is 15.3 Å². The Morgan fingerprint density at radius 1 is 1.30 bits per heavy atom. The molecule has 3 heterocycles. The molecule has 1 aromatic rings. The van der Waals surface area contributed by atoms with Crippen LogP contribution in [0.25, 0.3) is 0 Å². The van der Waals surface area contributed by atoms with Crippen LogP contribution < -0.4 is 10.1 Å². The van der Waals surface area contributed by atoms with E-state index in [1.807, 2.05) is 17.1 Å². The van der Waals surface area contributed by atoms with Crippen molar-refractivity contribution in [3.8, 4) is 6.01 Å². The highest BCUT2D eigenvalue weighted by molar-refractivity contribution is 5.84. The van der Waals surface area contributed by atoms with Gasteiger partial charge in [0, 0.05) is 44.9 Å². The van der Waals surface area contributed by atoms with Crippen LogP contribution in [0.4, 0.5) is 0 Å². The number of nitrogens with one attached hydrogen (secondary N) is 1. The van der Waals surface area contributed by atoms with Crippen LogP contribution in [0.2, 0.25) is 0 Å². The maximum atomic E-state index is 12.2. The maximum absolute atomic E-state index is 12.2. The zero-order chi connectivity index (χ0) is 13.8. The first-order valence-corrected chi connectivity index (χ1v) is 6.95. The van der Waals surface area contributed by atoms with Gasteiger partial charge in [0.1, 0.15) is 12.1 Å². The number of carbonyl (C=O) groups excluding carboxylic acids is 1. The summed E-state index contributed by atoms with van der Waals surface area (Å²) in [5.74, 6) is 0.160. The van der Waals surface area contributed by atoms with Gasteiger partial charge in [0.05, 0.1) is 0 Å². The van der Waals surface area contributed by atoms with Gasteiger partial charge >= 0.3 is 6.01 Å². The lowest BCUT2D eigenvalue weighted by Crippen LogP contribution is -2.48. The Labute approximate surface area is 117 Å². The molecule has 1 amide bonds. The number of amides is 1. The molecular formula is C14H18N4O2. The first kappa shape index (κ1) is 13.1. The minimum Gasteiger partial charge on any atom is -0.460 e. The quantitative estimate of drug-likeness (QED) is 0.807. The fourth-order valence-corrected chi connectivity index (χ4v) is 2.52. The lowest BCUT2D eigenvalue weighted by atomic mass is 10.1. The molecule has 2 aliphatic heterocycles. The molecule has 6 heteroatoms. The molecule has 1 atom stereocenters.